The predicted octanol–water partition coefficient (Wildman–Crippen LogP) is 2.91. The van der Waals surface area contributed by atoms with Gasteiger partial charge < -0.3 is 15.2 Å². The second-order valence-electron chi connectivity index (χ2n) is 4.75. The Bertz CT molecular complexity index is 684. The van der Waals surface area contributed by atoms with Crippen LogP contribution in [0.3, 0.4) is 0 Å². The van der Waals surface area contributed by atoms with Crippen molar-refractivity contribution in [3.05, 3.63) is 70.9 Å². The van der Waals surface area contributed by atoms with Crippen LogP contribution in [0.25, 0.3) is 0 Å². The van der Waals surface area contributed by atoms with Crippen molar-refractivity contribution in [2.75, 3.05) is 11.8 Å². The molecule has 1 N–H and O–H groups in total. The van der Waals surface area contributed by atoms with E-state index in [4.69, 9.17) is 4.74 Å². The highest BCUT2D eigenvalue weighted by Crippen LogP contribution is 2.30. The smallest absolute Gasteiger partial charge is 0.321 e. The number of anilines is 1. The van der Waals surface area contributed by atoms with Crippen molar-refractivity contribution >= 4 is 17.4 Å². The van der Waals surface area contributed by atoms with Crippen LogP contribution in [0.5, 0.6) is 0 Å². The predicted molar refractivity (Wildman–Crippen MR) is 84.2 cm³/mol. The SMILES string of the molecule is CCOC(=O)C(C(=O)c1ccccc1)c1ccccc1N([O-])O. The lowest BCUT2D eigenvalue weighted by Gasteiger charge is -2.27. The van der Waals surface area contributed by atoms with Crippen LogP contribution in [0.4, 0.5) is 5.69 Å². The average molecular weight is 314 g/mol. The van der Waals surface area contributed by atoms with Gasteiger partial charge in [-0.25, -0.2) is 0 Å². The molecule has 2 aromatic carbocycles. The molecule has 0 aromatic heterocycles. The van der Waals surface area contributed by atoms with E-state index in [0.717, 1.165) is 0 Å². The Morgan fingerprint density at radius 3 is 2.35 bits per heavy atom. The summed E-state index contributed by atoms with van der Waals surface area (Å²) in [5.41, 5.74) is 0.239. The molecule has 2 aromatic rings. The van der Waals surface area contributed by atoms with E-state index in [9.17, 15) is 20.0 Å². The third-order valence-corrected chi connectivity index (χ3v) is 3.30. The molecular weight excluding hydrogens is 298 g/mol. The number of benzene rings is 2. The molecule has 0 amide bonds. The Labute approximate surface area is 133 Å². The molecule has 0 aliphatic carbocycles. The van der Waals surface area contributed by atoms with Crippen molar-refractivity contribution in [1.29, 1.82) is 0 Å². The van der Waals surface area contributed by atoms with Gasteiger partial charge in [-0.15, -0.1) is 0 Å². The van der Waals surface area contributed by atoms with Crippen LogP contribution in [0, 0.1) is 5.21 Å². The molecule has 23 heavy (non-hydrogen) atoms. The molecule has 2 rings (SSSR count). The van der Waals surface area contributed by atoms with Gasteiger partial charge in [0.2, 0.25) is 0 Å². The Morgan fingerprint density at radius 1 is 1.13 bits per heavy atom. The van der Waals surface area contributed by atoms with Crippen molar-refractivity contribution < 1.29 is 19.5 Å². The van der Waals surface area contributed by atoms with E-state index >= 15 is 0 Å². The number of carbonyl (C=O) groups is 2. The number of hydrogen-bond donors (Lipinski definition) is 1. The van der Waals surface area contributed by atoms with Crippen LogP contribution in [0.15, 0.2) is 54.6 Å². The topological polar surface area (TPSA) is 89.9 Å². The first-order chi connectivity index (χ1) is 11.1. The molecule has 0 saturated heterocycles. The number of hydrogen-bond acceptors (Lipinski definition) is 6. The van der Waals surface area contributed by atoms with Crippen LogP contribution < -0.4 is 5.23 Å². The number of ether oxygens (including phenoxy) is 1. The molecule has 6 nitrogen and oxygen atoms in total. The van der Waals surface area contributed by atoms with Gasteiger partial charge in [-0.1, -0.05) is 48.5 Å². The average Bonchev–Trinajstić information content (AvgIpc) is 2.56. The number of Topliss-reactive ketones (excluding diaryl/α,β-unsaturated/α-hetero) is 1. The van der Waals surface area contributed by atoms with E-state index < -0.39 is 17.7 Å². The van der Waals surface area contributed by atoms with E-state index in [1.165, 1.54) is 18.2 Å². The second-order valence-corrected chi connectivity index (χ2v) is 4.75. The lowest BCUT2D eigenvalue weighted by Crippen LogP contribution is -2.26. The second kappa shape index (κ2) is 7.53. The molecule has 0 fully saturated rings. The summed E-state index contributed by atoms with van der Waals surface area (Å²) in [4.78, 5) is 25.0. The normalized spacial score (nSPS) is 11.6. The summed E-state index contributed by atoms with van der Waals surface area (Å²) in [5.74, 6) is -2.59. The maximum Gasteiger partial charge on any atom is 0.321 e. The molecule has 0 aliphatic rings. The zero-order chi connectivity index (χ0) is 16.8. The van der Waals surface area contributed by atoms with Gasteiger partial charge in [0.25, 0.3) is 0 Å². The van der Waals surface area contributed by atoms with Gasteiger partial charge in [-0.3, -0.25) is 14.8 Å². The van der Waals surface area contributed by atoms with Gasteiger partial charge in [-0.05, 0) is 18.6 Å². The molecule has 0 spiro atoms. The van der Waals surface area contributed by atoms with E-state index in [0.29, 0.717) is 5.56 Å². The molecule has 6 heteroatoms. The molecule has 0 aliphatic heterocycles. The third-order valence-electron chi connectivity index (χ3n) is 3.30. The lowest BCUT2D eigenvalue weighted by atomic mass is 9.89. The molecule has 120 valence electrons. The fourth-order valence-electron chi connectivity index (χ4n) is 2.28. The van der Waals surface area contributed by atoms with Crippen LogP contribution >= 0.6 is 0 Å². The van der Waals surface area contributed by atoms with Crippen LogP contribution in [-0.2, 0) is 9.53 Å². The van der Waals surface area contributed by atoms with Crippen molar-refractivity contribution in [1.82, 2.24) is 0 Å². The molecule has 1 unspecified atom stereocenters. The molecular formula is C17H16NO5-. The van der Waals surface area contributed by atoms with Gasteiger partial charge in [0, 0.05) is 5.56 Å². The number of ketones is 1. The Kier molecular flexibility index (Phi) is 5.46. The highest BCUT2D eigenvalue weighted by Gasteiger charge is 2.32. The summed E-state index contributed by atoms with van der Waals surface area (Å²) >= 11 is 0. The monoisotopic (exact) mass is 314 g/mol. The van der Waals surface area contributed by atoms with Crippen LogP contribution in [-0.4, -0.2) is 23.6 Å². The first-order valence-corrected chi connectivity index (χ1v) is 7.07. The number of rotatable bonds is 6. The van der Waals surface area contributed by atoms with Gasteiger partial charge >= 0.3 is 5.97 Å². The third kappa shape index (κ3) is 3.74. The minimum atomic E-state index is -1.32. The highest BCUT2D eigenvalue weighted by molar-refractivity contribution is 6.13. The zero-order valence-corrected chi connectivity index (χ0v) is 12.5. The van der Waals surface area contributed by atoms with Crippen molar-refractivity contribution in [2.45, 2.75) is 12.8 Å². The number of carbonyl (C=O) groups excluding carboxylic acids is 2. The fourth-order valence-corrected chi connectivity index (χ4v) is 2.28. The van der Waals surface area contributed by atoms with Gasteiger partial charge in [0.1, 0.15) is 5.92 Å². The molecule has 0 saturated carbocycles. The molecule has 0 radical (unpaired) electrons. The summed E-state index contributed by atoms with van der Waals surface area (Å²) in [6, 6.07) is 14.1. The summed E-state index contributed by atoms with van der Waals surface area (Å²) in [6.07, 6.45) is 0. The minimum absolute atomic E-state index is 0.0947. The van der Waals surface area contributed by atoms with E-state index in [2.05, 4.69) is 0 Å². The summed E-state index contributed by atoms with van der Waals surface area (Å²) < 4.78 is 4.97. The number of esters is 1. The summed E-state index contributed by atoms with van der Waals surface area (Å²) in [6.45, 7) is 1.72. The Balaban J connectivity index is 2.52. The molecule has 0 heterocycles. The standard InChI is InChI=1S/C17H16NO5/c1-2-23-17(20)15(16(19)12-8-4-3-5-9-12)13-10-6-7-11-14(13)18(21)22/h3-11,15,21H,2H2,1H3/q-1. The van der Waals surface area contributed by atoms with Crippen LogP contribution in [0.1, 0.15) is 28.8 Å². The van der Waals surface area contributed by atoms with Crippen LogP contribution in [0.2, 0.25) is 0 Å². The Hall–Kier alpha value is -2.70. The first-order valence-electron chi connectivity index (χ1n) is 7.07. The van der Waals surface area contributed by atoms with Crippen molar-refractivity contribution in [3.8, 4) is 0 Å². The van der Waals surface area contributed by atoms with E-state index in [1.54, 1.807) is 43.3 Å². The van der Waals surface area contributed by atoms with Crippen molar-refractivity contribution in [3.63, 3.8) is 0 Å². The van der Waals surface area contributed by atoms with Crippen molar-refractivity contribution in [2.24, 2.45) is 0 Å². The lowest BCUT2D eigenvalue weighted by molar-refractivity contribution is -0.143. The molecule has 0 bridgehead atoms. The first kappa shape index (κ1) is 16.7. The number of nitrogens with zero attached hydrogens (tertiary/aromatic N) is 1. The van der Waals surface area contributed by atoms with Gasteiger partial charge in [-0.2, -0.15) is 0 Å². The fraction of sp³-hybridized carbons (Fsp3) is 0.176. The number of para-hydroxylation sites is 1. The quantitative estimate of drug-likeness (QED) is 0.381. The van der Waals surface area contributed by atoms with Gasteiger partial charge in [0.15, 0.2) is 5.78 Å². The minimum Gasteiger partial charge on any atom is -0.733 e. The van der Waals surface area contributed by atoms with E-state index in [-0.39, 0.29) is 23.1 Å². The molecule has 1 atom stereocenters. The zero-order valence-electron chi connectivity index (χ0n) is 12.5. The van der Waals surface area contributed by atoms with Gasteiger partial charge in [0.05, 0.1) is 12.3 Å². The maximum absolute atomic E-state index is 12.7. The largest absolute Gasteiger partial charge is 0.733 e. The summed E-state index contributed by atoms with van der Waals surface area (Å²) in [7, 11) is 0. The highest BCUT2D eigenvalue weighted by atomic mass is 16.8. The summed E-state index contributed by atoms with van der Waals surface area (Å²) in [5, 5.41) is 20.2. The maximum atomic E-state index is 12.7. The Morgan fingerprint density at radius 2 is 1.74 bits per heavy atom. The van der Waals surface area contributed by atoms with E-state index in [1.807, 2.05) is 0 Å².